The van der Waals surface area contributed by atoms with E-state index in [2.05, 4.69) is 9.88 Å². The number of ether oxygens (including phenoxy) is 1. The van der Waals surface area contributed by atoms with Gasteiger partial charge in [0.25, 0.3) is 5.56 Å². The quantitative estimate of drug-likeness (QED) is 0.413. The maximum absolute atomic E-state index is 13.0. The van der Waals surface area contributed by atoms with Gasteiger partial charge in [0.15, 0.2) is 16.3 Å². The zero-order valence-corrected chi connectivity index (χ0v) is 20.0. The number of carbonyl (C=O) groups is 1. The van der Waals surface area contributed by atoms with Crippen LogP contribution in [0.25, 0.3) is 21.4 Å². The Balaban J connectivity index is 1.28. The first-order valence-electron chi connectivity index (χ1n) is 11.0. The number of fused-ring (bicyclic) bond motifs is 2. The van der Waals surface area contributed by atoms with Gasteiger partial charge in [-0.05, 0) is 25.1 Å². The van der Waals surface area contributed by atoms with Gasteiger partial charge >= 0.3 is 5.69 Å². The third-order valence-corrected chi connectivity index (χ3v) is 7.16. The summed E-state index contributed by atoms with van der Waals surface area (Å²) in [7, 11) is 2.98. The molecule has 1 aromatic carbocycles. The van der Waals surface area contributed by atoms with Crippen LogP contribution in [0.4, 0.5) is 5.13 Å². The summed E-state index contributed by atoms with van der Waals surface area (Å²) >= 11 is 1.62. The maximum atomic E-state index is 13.0. The summed E-state index contributed by atoms with van der Waals surface area (Å²) in [6, 6.07) is 5.90. The van der Waals surface area contributed by atoms with Crippen molar-refractivity contribution in [2.45, 2.75) is 13.5 Å². The van der Waals surface area contributed by atoms with E-state index in [1.165, 1.54) is 22.5 Å². The van der Waals surface area contributed by atoms with Gasteiger partial charge in [-0.15, -0.1) is 0 Å². The van der Waals surface area contributed by atoms with Crippen molar-refractivity contribution in [3.63, 3.8) is 0 Å². The molecule has 1 aliphatic rings. The second-order valence-electron chi connectivity index (χ2n) is 8.18. The molecular weight excluding hydrogens is 458 g/mol. The first-order valence-corrected chi connectivity index (χ1v) is 11.9. The Hall–Kier alpha value is -3.67. The summed E-state index contributed by atoms with van der Waals surface area (Å²) in [5, 5.41) is 0.931. The highest BCUT2D eigenvalue weighted by molar-refractivity contribution is 7.22. The van der Waals surface area contributed by atoms with Crippen molar-refractivity contribution >= 4 is 43.8 Å². The fourth-order valence-electron chi connectivity index (χ4n) is 4.19. The Morgan fingerprint density at radius 3 is 2.62 bits per heavy atom. The predicted octanol–water partition coefficient (Wildman–Crippen LogP) is 0.791. The van der Waals surface area contributed by atoms with Gasteiger partial charge in [0.2, 0.25) is 5.91 Å². The second-order valence-corrected chi connectivity index (χ2v) is 9.19. The van der Waals surface area contributed by atoms with Gasteiger partial charge in [0.1, 0.15) is 12.3 Å². The number of hydrogen-bond acceptors (Lipinski definition) is 8. The Morgan fingerprint density at radius 2 is 1.88 bits per heavy atom. The van der Waals surface area contributed by atoms with Crippen LogP contribution in [0.15, 0.2) is 34.1 Å². The number of piperazine rings is 1. The molecule has 1 aliphatic heterocycles. The fourth-order valence-corrected chi connectivity index (χ4v) is 5.24. The molecule has 11 nitrogen and oxygen atoms in total. The van der Waals surface area contributed by atoms with Crippen molar-refractivity contribution < 1.29 is 9.53 Å². The highest BCUT2D eigenvalue weighted by Crippen LogP contribution is 2.32. The van der Waals surface area contributed by atoms with Crippen LogP contribution in [0.2, 0.25) is 0 Å². The first-order chi connectivity index (χ1) is 16.4. The second kappa shape index (κ2) is 8.60. The van der Waals surface area contributed by atoms with Crippen molar-refractivity contribution in [3.8, 4) is 5.75 Å². The monoisotopic (exact) mass is 483 g/mol. The number of aryl methyl sites for hydroxylation is 1. The molecular formula is C22H25N7O4S. The molecule has 0 radical (unpaired) electrons. The van der Waals surface area contributed by atoms with Gasteiger partial charge in [0.05, 0.1) is 23.2 Å². The van der Waals surface area contributed by atoms with Gasteiger partial charge in [-0.2, -0.15) is 0 Å². The highest BCUT2D eigenvalue weighted by Gasteiger charge is 2.24. The summed E-state index contributed by atoms with van der Waals surface area (Å²) < 4.78 is 10.5. The van der Waals surface area contributed by atoms with Gasteiger partial charge in [-0.1, -0.05) is 11.3 Å². The van der Waals surface area contributed by atoms with E-state index in [9.17, 15) is 14.4 Å². The van der Waals surface area contributed by atoms with Crippen LogP contribution in [0, 0.1) is 0 Å². The molecule has 12 heteroatoms. The van der Waals surface area contributed by atoms with E-state index in [0.29, 0.717) is 32.8 Å². The van der Waals surface area contributed by atoms with E-state index >= 15 is 0 Å². The van der Waals surface area contributed by atoms with Crippen LogP contribution in [-0.4, -0.2) is 67.3 Å². The normalized spacial score (nSPS) is 14.3. The van der Waals surface area contributed by atoms with Crippen molar-refractivity contribution in [2.24, 2.45) is 14.1 Å². The lowest BCUT2D eigenvalue weighted by molar-refractivity contribution is -0.132. The van der Waals surface area contributed by atoms with Crippen molar-refractivity contribution in [1.29, 1.82) is 0 Å². The maximum Gasteiger partial charge on any atom is 0.332 e. The van der Waals surface area contributed by atoms with Crippen molar-refractivity contribution in [2.75, 3.05) is 37.7 Å². The number of benzene rings is 1. The number of imidazole rings is 1. The van der Waals surface area contributed by atoms with Crippen LogP contribution in [-0.2, 0) is 25.4 Å². The molecule has 0 aliphatic carbocycles. The Morgan fingerprint density at radius 1 is 1.12 bits per heavy atom. The summed E-state index contributed by atoms with van der Waals surface area (Å²) in [4.78, 5) is 50.6. The Bertz CT molecular complexity index is 1510. The molecule has 1 saturated heterocycles. The van der Waals surface area contributed by atoms with E-state index in [0.717, 1.165) is 25.7 Å². The third kappa shape index (κ3) is 3.73. The van der Waals surface area contributed by atoms with Crippen LogP contribution in [0.5, 0.6) is 5.75 Å². The number of nitrogens with zero attached hydrogens (tertiary/aromatic N) is 7. The van der Waals surface area contributed by atoms with Crippen molar-refractivity contribution in [1.82, 2.24) is 28.6 Å². The van der Waals surface area contributed by atoms with Crippen LogP contribution in [0.1, 0.15) is 6.92 Å². The minimum absolute atomic E-state index is 0.00864. The van der Waals surface area contributed by atoms with E-state index < -0.39 is 11.2 Å². The Labute approximate surface area is 198 Å². The molecule has 178 valence electrons. The lowest BCUT2D eigenvalue weighted by Crippen LogP contribution is -2.49. The van der Waals surface area contributed by atoms with E-state index in [-0.39, 0.29) is 23.6 Å². The minimum atomic E-state index is -0.462. The smallest absolute Gasteiger partial charge is 0.332 e. The average molecular weight is 484 g/mol. The number of amides is 1. The molecule has 1 amide bonds. The van der Waals surface area contributed by atoms with E-state index in [1.54, 1.807) is 23.3 Å². The van der Waals surface area contributed by atoms with Gasteiger partial charge < -0.3 is 19.1 Å². The van der Waals surface area contributed by atoms with Gasteiger partial charge in [0, 0.05) is 40.3 Å². The summed E-state index contributed by atoms with van der Waals surface area (Å²) in [5.41, 5.74) is 0.544. The Kier molecular flexibility index (Phi) is 5.60. The number of carbonyl (C=O) groups excluding carboxylic acids is 1. The average Bonchev–Trinajstić information content (AvgIpc) is 3.46. The molecule has 0 unspecified atom stereocenters. The molecule has 34 heavy (non-hydrogen) atoms. The largest absolute Gasteiger partial charge is 0.494 e. The van der Waals surface area contributed by atoms with Crippen LogP contribution >= 0.6 is 11.3 Å². The van der Waals surface area contributed by atoms with E-state index in [4.69, 9.17) is 9.72 Å². The minimum Gasteiger partial charge on any atom is -0.494 e. The van der Waals surface area contributed by atoms with Crippen LogP contribution in [0.3, 0.4) is 0 Å². The fraction of sp³-hybridized carbons (Fsp3) is 0.409. The molecule has 1 fully saturated rings. The summed E-state index contributed by atoms with van der Waals surface area (Å²) in [6.45, 7) is 5.03. The van der Waals surface area contributed by atoms with Crippen LogP contribution < -0.4 is 20.9 Å². The third-order valence-electron chi connectivity index (χ3n) is 6.09. The number of aromatic nitrogens is 5. The van der Waals surface area contributed by atoms with E-state index in [1.807, 2.05) is 25.1 Å². The topological polar surface area (TPSA) is 107 Å². The molecule has 0 atom stereocenters. The lowest BCUT2D eigenvalue weighted by atomic mass is 10.3. The molecule has 5 rings (SSSR count). The number of anilines is 1. The predicted molar refractivity (Wildman–Crippen MR) is 130 cm³/mol. The highest BCUT2D eigenvalue weighted by atomic mass is 32.1. The molecule has 3 aromatic heterocycles. The van der Waals surface area contributed by atoms with Gasteiger partial charge in [-0.3, -0.25) is 18.7 Å². The van der Waals surface area contributed by atoms with Gasteiger partial charge in [-0.25, -0.2) is 14.8 Å². The number of hydrogen-bond donors (Lipinski definition) is 0. The summed E-state index contributed by atoms with van der Waals surface area (Å²) in [5.74, 6) is 0.739. The number of thiazole rings is 1. The zero-order valence-electron chi connectivity index (χ0n) is 19.2. The molecule has 0 N–H and O–H groups in total. The molecule has 0 spiro atoms. The molecule has 0 saturated carbocycles. The molecule has 0 bridgehead atoms. The SMILES string of the molecule is CCOc1ccc2nc(N3CCN(C(=O)Cn4cnc5c4c(=O)n(C)c(=O)n5C)CC3)sc2c1. The summed E-state index contributed by atoms with van der Waals surface area (Å²) in [6.07, 6.45) is 1.44. The number of rotatable bonds is 5. The van der Waals surface area contributed by atoms with Crippen molar-refractivity contribution in [3.05, 3.63) is 45.4 Å². The molecule has 4 aromatic rings. The first kappa shape index (κ1) is 22.1. The molecule has 4 heterocycles. The lowest BCUT2D eigenvalue weighted by Gasteiger charge is -2.34. The standard InChI is InChI=1S/C22H25N7O4S/c1-4-33-14-5-6-15-16(11-14)34-21(24-15)28-9-7-27(8-10-28)17(30)12-29-13-23-19-18(29)20(31)26(3)22(32)25(19)2/h5-6,11,13H,4,7-10,12H2,1-3H3. The zero-order chi connectivity index (χ0) is 24.0.